The fraction of sp³-hybridized carbons (Fsp3) is 0.273. The van der Waals surface area contributed by atoms with Crippen molar-refractivity contribution < 1.29 is 4.74 Å². The first kappa shape index (κ1) is 20.2. The van der Waals surface area contributed by atoms with Crippen LogP contribution in [0.4, 0.5) is 0 Å². The molecule has 1 fully saturated rings. The quantitative estimate of drug-likeness (QED) is 0.512. The van der Waals surface area contributed by atoms with Crippen molar-refractivity contribution in [1.29, 1.82) is 0 Å². The van der Waals surface area contributed by atoms with Crippen LogP contribution in [0.2, 0.25) is 4.34 Å². The third-order valence-corrected chi connectivity index (χ3v) is 6.04. The highest BCUT2D eigenvalue weighted by Gasteiger charge is 2.14. The molecule has 5 heteroatoms. The Morgan fingerprint density at radius 3 is 2.26 bits per heavy atom. The van der Waals surface area contributed by atoms with Crippen LogP contribution >= 0.6 is 35.3 Å². The van der Waals surface area contributed by atoms with Gasteiger partial charge in [-0.1, -0.05) is 48.0 Å². The number of benzene rings is 2. The van der Waals surface area contributed by atoms with Crippen LogP contribution < -0.4 is 10.1 Å². The average molecular weight is 420 g/mol. The number of halogens is 2. The SMILES string of the molecule is Cl.Clc1ccc(-c2ccc(Cc3ccc(OCC4CCCN4)cc3)cc2)s1. The van der Waals surface area contributed by atoms with Gasteiger partial charge in [-0.2, -0.15) is 0 Å². The summed E-state index contributed by atoms with van der Waals surface area (Å²) in [5.74, 6) is 0.951. The molecule has 2 aromatic carbocycles. The molecule has 2 heterocycles. The van der Waals surface area contributed by atoms with Crippen LogP contribution in [-0.2, 0) is 6.42 Å². The maximum Gasteiger partial charge on any atom is 0.119 e. The second-order valence-corrected chi connectivity index (χ2v) is 8.44. The zero-order chi connectivity index (χ0) is 17.8. The molecule has 1 unspecified atom stereocenters. The molecule has 0 bridgehead atoms. The van der Waals surface area contributed by atoms with Gasteiger partial charge in [0, 0.05) is 10.9 Å². The Labute approximate surface area is 175 Å². The van der Waals surface area contributed by atoms with Gasteiger partial charge in [0.15, 0.2) is 0 Å². The first-order valence-corrected chi connectivity index (χ1v) is 10.3. The summed E-state index contributed by atoms with van der Waals surface area (Å²) in [6, 6.07) is 21.7. The molecule has 1 aliphatic rings. The van der Waals surface area contributed by atoms with Gasteiger partial charge in [-0.05, 0) is 66.8 Å². The van der Waals surface area contributed by atoms with E-state index in [2.05, 4.69) is 59.9 Å². The number of ether oxygens (including phenoxy) is 1. The van der Waals surface area contributed by atoms with E-state index in [1.165, 1.54) is 34.4 Å². The van der Waals surface area contributed by atoms with Crippen LogP contribution in [0, 0.1) is 0 Å². The van der Waals surface area contributed by atoms with Gasteiger partial charge in [0.25, 0.3) is 0 Å². The summed E-state index contributed by atoms with van der Waals surface area (Å²) in [4.78, 5) is 1.21. The number of nitrogens with one attached hydrogen (secondary N) is 1. The van der Waals surface area contributed by atoms with Crippen molar-refractivity contribution >= 4 is 35.3 Å². The molecule has 0 saturated carbocycles. The van der Waals surface area contributed by atoms with Gasteiger partial charge in [0.2, 0.25) is 0 Å². The molecule has 3 aromatic rings. The third kappa shape index (κ3) is 5.49. The minimum atomic E-state index is 0. The summed E-state index contributed by atoms with van der Waals surface area (Å²) in [6.07, 6.45) is 3.40. The van der Waals surface area contributed by atoms with E-state index in [0.29, 0.717) is 6.04 Å². The largest absolute Gasteiger partial charge is 0.492 e. The van der Waals surface area contributed by atoms with Crippen molar-refractivity contribution in [2.45, 2.75) is 25.3 Å². The van der Waals surface area contributed by atoms with Crippen molar-refractivity contribution in [2.75, 3.05) is 13.2 Å². The van der Waals surface area contributed by atoms with Gasteiger partial charge in [-0.25, -0.2) is 0 Å². The van der Waals surface area contributed by atoms with E-state index in [1.54, 1.807) is 11.3 Å². The Kier molecular flexibility index (Phi) is 7.20. The average Bonchev–Trinajstić information content (AvgIpc) is 3.34. The molecule has 1 saturated heterocycles. The maximum atomic E-state index is 6.03. The van der Waals surface area contributed by atoms with E-state index >= 15 is 0 Å². The van der Waals surface area contributed by atoms with E-state index in [0.717, 1.165) is 29.7 Å². The molecular formula is C22H23Cl2NOS. The molecule has 1 atom stereocenters. The van der Waals surface area contributed by atoms with Gasteiger partial charge in [-0.15, -0.1) is 23.7 Å². The predicted octanol–water partition coefficient (Wildman–Crippen LogP) is 6.21. The van der Waals surface area contributed by atoms with Crippen LogP contribution in [0.15, 0.2) is 60.7 Å². The highest BCUT2D eigenvalue weighted by Crippen LogP contribution is 2.31. The Morgan fingerprint density at radius 2 is 1.67 bits per heavy atom. The molecule has 0 aliphatic carbocycles. The van der Waals surface area contributed by atoms with Crippen LogP contribution in [-0.4, -0.2) is 19.2 Å². The highest BCUT2D eigenvalue weighted by atomic mass is 35.5. The van der Waals surface area contributed by atoms with Crippen molar-refractivity contribution in [3.63, 3.8) is 0 Å². The van der Waals surface area contributed by atoms with E-state index < -0.39 is 0 Å². The van der Waals surface area contributed by atoms with Crippen molar-refractivity contribution in [3.8, 4) is 16.2 Å². The fourth-order valence-corrected chi connectivity index (χ4v) is 4.34. The van der Waals surface area contributed by atoms with Gasteiger partial charge >= 0.3 is 0 Å². The Hall–Kier alpha value is -1.52. The molecule has 4 rings (SSSR count). The van der Waals surface area contributed by atoms with Crippen molar-refractivity contribution in [2.24, 2.45) is 0 Å². The minimum absolute atomic E-state index is 0. The standard InChI is InChI=1S/C22H22ClNOS.ClH/c23-22-12-11-21(26-22)18-7-3-16(4-8-18)14-17-5-9-20(10-6-17)25-15-19-2-1-13-24-19;/h3-12,19,24H,1-2,13-15H2;1H. The van der Waals surface area contributed by atoms with Crippen molar-refractivity contribution in [3.05, 3.63) is 76.1 Å². The van der Waals surface area contributed by atoms with Crippen LogP contribution in [0.5, 0.6) is 5.75 Å². The lowest BCUT2D eigenvalue weighted by molar-refractivity contribution is 0.277. The molecule has 27 heavy (non-hydrogen) atoms. The first-order chi connectivity index (χ1) is 12.8. The maximum absolute atomic E-state index is 6.03. The molecule has 0 amide bonds. The summed E-state index contributed by atoms with van der Waals surface area (Å²) in [5, 5.41) is 3.46. The number of thiophene rings is 1. The van der Waals surface area contributed by atoms with E-state index in [1.807, 2.05) is 6.07 Å². The molecule has 0 radical (unpaired) electrons. The Balaban J connectivity index is 0.00000210. The van der Waals surface area contributed by atoms with Crippen molar-refractivity contribution in [1.82, 2.24) is 5.32 Å². The molecule has 142 valence electrons. The fourth-order valence-electron chi connectivity index (χ4n) is 3.29. The lowest BCUT2D eigenvalue weighted by atomic mass is 10.0. The second kappa shape index (κ2) is 9.61. The minimum Gasteiger partial charge on any atom is -0.492 e. The van der Waals surface area contributed by atoms with Crippen LogP contribution in [0.3, 0.4) is 0 Å². The molecule has 1 aromatic heterocycles. The number of rotatable bonds is 6. The molecule has 0 spiro atoms. The molecular weight excluding hydrogens is 397 g/mol. The summed E-state index contributed by atoms with van der Waals surface area (Å²) < 4.78 is 6.72. The Morgan fingerprint density at radius 1 is 0.963 bits per heavy atom. The normalized spacial score (nSPS) is 16.1. The van der Waals surface area contributed by atoms with Gasteiger partial charge in [0.05, 0.1) is 4.34 Å². The molecule has 1 aliphatic heterocycles. The predicted molar refractivity (Wildman–Crippen MR) is 118 cm³/mol. The van der Waals surface area contributed by atoms with Gasteiger partial charge in [0.1, 0.15) is 12.4 Å². The third-order valence-electron chi connectivity index (χ3n) is 4.76. The number of hydrogen-bond donors (Lipinski definition) is 1. The first-order valence-electron chi connectivity index (χ1n) is 9.06. The summed E-state index contributed by atoms with van der Waals surface area (Å²) in [6.45, 7) is 1.87. The second-order valence-electron chi connectivity index (χ2n) is 6.73. The van der Waals surface area contributed by atoms with Crippen LogP contribution in [0.1, 0.15) is 24.0 Å². The summed E-state index contributed by atoms with van der Waals surface area (Å²) >= 11 is 7.64. The summed E-state index contributed by atoms with van der Waals surface area (Å²) in [7, 11) is 0. The van der Waals surface area contributed by atoms with E-state index in [9.17, 15) is 0 Å². The zero-order valence-electron chi connectivity index (χ0n) is 15.0. The monoisotopic (exact) mass is 419 g/mol. The van der Waals surface area contributed by atoms with Gasteiger partial charge in [-0.3, -0.25) is 0 Å². The van der Waals surface area contributed by atoms with E-state index in [4.69, 9.17) is 16.3 Å². The van der Waals surface area contributed by atoms with E-state index in [-0.39, 0.29) is 12.4 Å². The summed E-state index contributed by atoms with van der Waals surface area (Å²) in [5.41, 5.74) is 3.82. The zero-order valence-corrected chi connectivity index (χ0v) is 17.4. The van der Waals surface area contributed by atoms with Crippen LogP contribution in [0.25, 0.3) is 10.4 Å². The highest BCUT2D eigenvalue weighted by molar-refractivity contribution is 7.19. The van der Waals surface area contributed by atoms with Gasteiger partial charge < -0.3 is 10.1 Å². The smallest absolute Gasteiger partial charge is 0.119 e. The number of hydrogen-bond acceptors (Lipinski definition) is 3. The Bertz CT molecular complexity index is 840. The lowest BCUT2D eigenvalue weighted by Gasteiger charge is -2.12. The lowest BCUT2D eigenvalue weighted by Crippen LogP contribution is -2.28. The molecule has 2 nitrogen and oxygen atoms in total. The molecule has 1 N–H and O–H groups in total. The topological polar surface area (TPSA) is 21.3 Å².